The fourth-order valence-electron chi connectivity index (χ4n) is 4.81. The Bertz CT molecular complexity index is 1710. The zero-order chi connectivity index (χ0) is 29.9. The molecule has 0 bridgehead atoms. The van der Waals surface area contributed by atoms with Gasteiger partial charge in [0.15, 0.2) is 23.2 Å². The van der Waals surface area contributed by atoms with E-state index in [1.807, 2.05) is 0 Å². The van der Waals surface area contributed by atoms with Crippen molar-refractivity contribution >= 4 is 34.8 Å². The summed E-state index contributed by atoms with van der Waals surface area (Å²) in [4.78, 5) is 53.6. The number of rotatable bonds is 7. The predicted octanol–water partition coefficient (Wildman–Crippen LogP) is 2.79. The van der Waals surface area contributed by atoms with Gasteiger partial charge in [0.2, 0.25) is 0 Å². The van der Waals surface area contributed by atoms with Crippen LogP contribution in [0.2, 0.25) is 0 Å². The third-order valence-corrected chi connectivity index (χ3v) is 7.00. The van der Waals surface area contributed by atoms with Gasteiger partial charge >= 0.3 is 5.97 Å². The van der Waals surface area contributed by atoms with E-state index in [2.05, 4.69) is 15.0 Å². The van der Waals surface area contributed by atoms with Crippen LogP contribution in [-0.4, -0.2) is 72.4 Å². The fraction of sp³-hybridized carbons (Fsp3) is 0.161. The van der Waals surface area contributed by atoms with Crippen molar-refractivity contribution in [3.63, 3.8) is 0 Å². The highest BCUT2D eigenvalue weighted by Gasteiger charge is 2.45. The average Bonchev–Trinajstić information content (AvgIpc) is 3.61. The van der Waals surface area contributed by atoms with E-state index in [4.69, 9.17) is 9.47 Å². The van der Waals surface area contributed by atoms with Crippen molar-refractivity contribution < 1.29 is 34.1 Å². The van der Waals surface area contributed by atoms with Gasteiger partial charge in [0.25, 0.3) is 11.8 Å². The number of carbonyl (C=O) groups excluding carboxylic acids is 3. The molecule has 2 N–H and O–H groups in total. The van der Waals surface area contributed by atoms with Crippen molar-refractivity contribution in [2.75, 3.05) is 11.5 Å². The minimum Gasteiger partial charge on any atom is -0.459 e. The summed E-state index contributed by atoms with van der Waals surface area (Å²) in [6, 6.07) is 24.9. The van der Waals surface area contributed by atoms with Crippen LogP contribution in [0.25, 0.3) is 11.2 Å². The Morgan fingerprint density at radius 1 is 0.767 bits per heavy atom. The molecule has 1 fully saturated rings. The quantitative estimate of drug-likeness (QED) is 0.217. The van der Waals surface area contributed by atoms with E-state index in [-0.39, 0.29) is 34.7 Å². The maximum atomic E-state index is 13.7. The summed E-state index contributed by atoms with van der Waals surface area (Å²) in [7, 11) is 0. The van der Waals surface area contributed by atoms with Crippen LogP contribution in [0.4, 0.5) is 5.82 Å². The lowest BCUT2D eigenvalue weighted by Gasteiger charge is -2.21. The number of carbonyl (C=O) groups is 3. The van der Waals surface area contributed by atoms with Crippen molar-refractivity contribution in [3.05, 3.63) is 120 Å². The fourth-order valence-corrected chi connectivity index (χ4v) is 4.81. The smallest absolute Gasteiger partial charge is 0.338 e. The molecular formula is C31H25N5O7. The average molecular weight is 580 g/mol. The molecule has 3 aromatic carbocycles. The normalized spacial score (nSPS) is 19.7. The summed E-state index contributed by atoms with van der Waals surface area (Å²) in [6.07, 6.45) is -2.60. The highest BCUT2D eigenvalue weighted by molar-refractivity contribution is 6.27. The molecule has 3 heterocycles. The molecule has 1 aliphatic heterocycles. The Kier molecular flexibility index (Phi) is 7.71. The molecule has 0 spiro atoms. The molecule has 1 aliphatic rings. The molecule has 0 radical (unpaired) electrons. The Morgan fingerprint density at radius 3 is 1.91 bits per heavy atom. The van der Waals surface area contributed by atoms with Crippen LogP contribution in [0.5, 0.6) is 0 Å². The van der Waals surface area contributed by atoms with Gasteiger partial charge in [0.1, 0.15) is 31.2 Å². The van der Waals surface area contributed by atoms with Crippen molar-refractivity contribution in [2.45, 2.75) is 24.5 Å². The molecule has 6 rings (SSSR count). The third kappa shape index (κ3) is 5.37. The number of amides is 2. The molecule has 4 atom stereocenters. The first kappa shape index (κ1) is 27.8. The monoisotopic (exact) mass is 579 g/mol. The number of aliphatic hydroxyl groups is 2. The van der Waals surface area contributed by atoms with Gasteiger partial charge in [0.05, 0.1) is 11.9 Å². The van der Waals surface area contributed by atoms with Crippen LogP contribution in [0.1, 0.15) is 37.3 Å². The third-order valence-electron chi connectivity index (χ3n) is 7.00. The Labute approximate surface area is 244 Å². The first-order valence-corrected chi connectivity index (χ1v) is 13.3. The Hall–Kier alpha value is -5.30. The van der Waals surface area contributed by atoms with Gasteiger partial charge in [-0.25, -0.2) is 24.6 Å². The van der Waals surface area contributed by atoms with Gasteiger partial charge in [0, 0.05) is 11.1 Å². The molecule has 1 saturated heterocycles. The van der Waals surface area contributed by atoms with Crippen molar-refractivity contribution in [2.24, 2.45) is 0 Å². The molecule has 2 amide bonds. The number of hydrogen-bond donors (Lipinski definition) is 2. The molecule has 5 aromatic rings. The highest BCUT2D eigenvalue weighted by atomic mass is 16.6. The lowest BCUT2D eigenvalue weighted by atomic mass is 10.1. The van der Waals surface area contributed by atoms with Gasteiger partial charge in [-0.1, -0.05) is 54.6 Å². The number of esters is 1. The zero-order valence-electron chi connectivity index (χ0n) is 22.5. The van der Waals surface area contributed by atoms with Gasteiger partial charge in [-0.05, 0) is 36.4 Å². The number of hydrogen-bond acceptors (Lipinski definition) is 10. The predicted molar refractivity (Wildman–Crippen MR) is 152 cm³/mol. The first-order chi connectivity index (χ1) is 20.9. The molecule has 2 aromatic heterocycles. The number of imide groups is 1. The number of fused-ring (bicyclic) bond motifs is 1. The Morgan fingerprint density at radius 2 is 1.33 bits per heavy atom. The number of aromatic nitrogens is 4. The van der Waals surface area contributed by atoms with E-state index in [0.717, 1.165) is 11.2 Å². The topological polar surface area (TPSA) is 157 Å². The highest BCUT2D eigenvalue weighted by Crippen LogP contribution is 2.33. The summed E-state index contributed by atoms with van der Waals surface area (Å²) in [5.41, 5.74) is 1.05. The second-order valence-electron chi connectivity index (χ2n) is 9.71. The summed E-state index contributed by atoms with van der Waals surface area (Å²) in [5.74, 6) is -1.94. The maximum Gasteiger partial charge on any atom is 0.338 e. The van der Waals surface area contributed by atoms with Crippen LogP contribution >= 0.6 is 0 Å². The second kappa shape index (κ2) is 11.9. The summed E-state index contributed by atoms with van der Waals surface area (Å²) >= 11 is 0. The van der Waals surface area contributed by atoms with Crippen LogP contribution in [0.15, 0.2) is 104 Å². The van der Waals surface area contributed by atoms with E-state index in [1.54, 1.807) is 91.0 Å². The number of benzene rings is 3. The maximum absolute atomic E-state index is 13.7. The van der Waals surface area contributed by atoms with Crippen LogP contribution in [0.3, 0.4) is 0 Å². The summed E-state index contributed by atoms with van der Waals surface area (Å²) in [6.45, 7) is -0.319. The molecule has 43 heavy (non-hydrogen) atoms. The molecular weight excluding hydrogens is 554 g/mol. The van der Waals surface area contributed by atoms with Gasteiger partial charge in [-0.2, -0.15) is 0 Å². The Balaban J connectivity index is 1.31. The molecule has 216 valence electrons. The lowest BCUT2D eigenvalue weighted by molar-refractivity contribution is -0.0565. The van der Waals surface area contributed by atoms with Crippen LogP contribution < -0.4 is 4.90 Å². The van der Waals surface area contributed by atoms with Crippen LogP contribution in [0, 0.1) is 0 Å². The number of nitrogens with zero attached hydrogens (tertiary/aromatic N) is 5. The molecule has 0 saturated carbocycles. The van der Waals surface area contributed by atoms with E-state index in [9.17, 15) is 24.6 Å². The van der Waals surface area contributed by atoms with E-state index >= 15 is 0 Å². The van der Waals surface area contributed by atoms with E-state index in [0.29, 0.717) is 5.56 Å². The van der Waals surface area contributed by atoms with Gasteiger partial charge in [-0.3, -0.25) is 14.2 Å². The molecule has 12 nitrogen and oxygen atoms in total. The standard InChI is InChI=1S/C31H25N5O7/c37-24-22(16-42-31(41)21-14-8-3-9-15-21)43-30(25(24)38)35-18-34-23-26(35)32-17-33-27(23)36(28(39)19-10-4-1-5-11-19)29(40)20-12-6-2-7-13-20/h1-15,17-18,22,24-25,30,37-38H,16H2/t22-,24-,25-,30?/m1/s1. The van der Waals surface area contributed by atoms with Crippen molar-refractivity contribution in [3.8, 4) is 0 Å². The number of ether oxygens (including phenoxy) is 2. The van der Waals surface area contributed by atoms with Crippen LogP contribution in [-0.2, 0) is 9.47 Å². The largest absolute Gasteiger partial charge is 0.459 e. The number of imidazole rings is 1. The second-order valence-corrected chi connectivity index (χ2v) is 9.71. The van der Waals surface area contributed by atoms with Crippen molar-refractivity contribution in [1.82, 2.24) is 19.5 Å². The summed E-state index contributed by atoms with van der Waals surface area (Å²) < 4.78 is 12.6. The van der Waals surface area contributed by atoms with E-state index < -0.39 is 42.3 Å². The molecule has 12 heteroatoms. The first-order valence-electron chi connectivity index (χ1n) is 13.3. The minimum atomic E-state index is -1.44. The minimum absolute atomic E-state index is 0.0761. The number of anilines is 1. The van der Waals surface area contributed by atoms with E-state index in [1.165, 1.54) is 10.9 Å². The SMILES string of the molecule is O=C(OC[C@H]1OC(n2cnc3c(N(C(=O)c4ccccc4)C(=O)c4ccccc4)ncnc32)[C@H](O)[C@@H]1O)c1ccccc1. The lowest BCUT2D eigenvalue weighted by Crippen LogP contribution is -2.38. The van der Waals surface area contributed by atoms with Gasteiger partial charge < -0.3 is 19.7 Å². The van der Waals surface area contributed by atoms with Gasteiger partial charge in [-0.15, -0.1) is 0 Å². The number of aliphatic hydroxyl groups excluding tert-OH is 2. The summed E-state index contributed by atoms with van der Waals surface area (Å²) in [5, 5.41) is 21.6. The molecule has 0 aliphatic carbocycles. The zero-order valence-corrected chi connectivity index (χ0v) is 22.5. The van der Waals surface area contributed by atoms with Crippen molar-refractivity contribution in [1.29, 1.82) is 0 Å². The molecule has 1 unspecified atom stereocenters.